The van der Waals surface area contributed by atoms with E-state index in [0.717, 1.165) is 5.56 Å². The predicted octanol–water partition coefficient (Wildman–Crippen LogP) is 5.83. The van der Waals surface area contributed by atoms with Gasteiger partial charge in [-0.25, -0.2) is 0 Å². The fraction of sp³-hybridized carbons (Fsp3) is 0.0690. The molecule has 4 aromatic rings. The molecule has 1 aromatic heterocycles. The molecule has 0 radical (unpaired) electrons. The van der Waals surface area contributed by atoms with Crippen LogP contribution >= 0.6 is 11.8 Å². The van der Waals surface area contributed by atoms with Crippen molar-refractivity contribution in [3.05, 3.63) is 125 Å². The van der Waals surface area contributed by atoms with Crippen LogP contribution in [0.2, 0.25) is 0 Å². The fourth-order valence-corrected chi connectivity index (χ4v) is 4.80. The van der Waals surface area contributed by atoms with Gasteiger partial charge in [0.15, 0.2) is 0 Å². The van der Waals surface area contributed by atoms with Gasteiger partial charge in [0, 0.05) is 21.8 Å². The van der Waals surface area contributed by atoms with E-state index in [1.165, 1.54) is 22.9 Å². The van der Waals surface area contributed by atoms with E-state index < -0.39 is 11.8 Å². The third kappa shape index (κ3) is 5.49. The lowest BCUT2D eigenvalue weighted by atomic mass is 10.2. The number of thioether (sulfide) groups is 1. The highest BCUT2D eigenvalue weighted by molar-refractivity contribution is 8.04. The van der Waals surface area contributed by atoms with Gasteiger partial charge in [-0.05, 0) is 61.5 Å². The van der Waals surface area contributed by atoms with E-state index in [1.54, 1.807) is 54.6 Å². The lowest BCUT2D eigenvalue weighted by molar-refractivity contribution is -0.138. The summed E-state index contributed by atoms with van der Waals surface area (Å²) in [6, 6.07) is 27.1. The van der Waals surface area contributed by atoms with Gasteiger partial charge in [-0.15, -0.1) is 0 Å². The van der Waals surface area contributed by atoms with Gasteiger partial charge >= 0.3 is 0 Å². The summed E-state index contributed by atoms with van der Waals surface area (Å²) in [6.45, 7) is 2.00. The highest BCUT2D eigenvalue weighted by Crippen LogP contribution is 2.37. The summed E-state index contributed by atoms with van der Waals surface area (Å²) in [5, 5.41) is 6.02. The van der Waals surface area contributed by atoms with E-state index in [9.17, 15) is 14.4 Å². The van der Waals surface area contributed by atoms with Crippen LogP contribution in [-0.4, -0.2) is 22.6 Å². The maximum Gasteiger partial charge on any atom is 0.278 e. The number of aryl methyl sites for hydroxylation is 1. The van der Waals surface area contributed by atoms with Crippen LogP contribution < -0.4 is 10.6 Å². The van der Waals surface area contributed by atoms with Crippen molar-refractivity contribution in [1.29, 1.82) is 0 Å². The number of carbonyl (C=O) groups is 3. The number of carbonyl (C=O) groups excluding carboxylic acids is 3. The molecule has 2 heterocycles. The molecule has 37 heavy (non-hydrogen) atoms. The van der Waals surface area contributed by atoms with Crippen molar-refractivity contribution in [1.82, 2.24) is 4.90 Å². The average molecular weight is 510 g/mol. The first-order chi connectivity index (χ1) is 18.0. The monoisotopic (exact) mass is 509 g/mol. The van der Waals surface area contributed by atoms with Crippen molar-refractivity contribution in [2.75, 3.05) is 10.6 Å². The molecule has 0 atom stereocenters. The molecule has 0 saturated heterocycles. The van der Waals surface area contributed by atoms with Crippen LogP contribution in [0.1, 0.15) is 21.7 Å². The number of amides is 3. The topological polar surface area (TPSA) is 91.7 Å². The molecule has 1 aliphatic heterocycles. The Balaban J connectivity index is 1.42. The van der Waals surface area contributed by atoms with Crippen LogP contribution in [-0.2, 0) is 16.1 Å². The van der Waals surface area contributed by atoms with Crippen molar-refractivity contribution in [2.24, 2.45) is 0 Å². The Morgan fingerprint density at radius 2 is 1.65 bits per heavy atom. The average Bonchev–Trinajstić information content (AvgIpc) is 3.50. The molecular formula is C29H23N3O4S. The third-order valence-electron chi connectivity index (χ3n) is 5.69. The lowest BCUT2D eigenvalue weighted by Crippen LogP contribution is -2.31. The van der Waals surface area contributed by atoms with Crippen molar-refractivity contribution < 1.29 is 18.8 Å². The van der Waals surface area contributed by atoms with Gasteiger partial charge in [-0.3, -0.25) is 19.3 Å². The van der Waals surface area contributed by atoms with Gasteiger partial charge in [0.25, 0.3) is 17.7 Å². The summed E-state index contributed by atoms with van der Waals surface area (Å²) in [5.74, 6) is -0.577. The van der Waals surface area contributed by atoms with Crippen LogP contribution in [0.25, 0.3) is 0 Å². The zero-order chi connectivity index (χ0) is 25.8. The molecular weight excluding hydrogens is 486 g/mol. The number of anilines is 2. The maximum absolute atomic E-state index is 13.4. The van der Waals surface area contributed by atoms with Crippen LogP contribution in [0, 0.1) is 6.92 Å². The first kappa shape index (κ1) is 24.1. The van der Waals surface area contributed by atoms with Gasteiger partial charge in [-0.2, -0.15) is 0 Å². The largest absolute Gasteiger partial charge is 0.467 e. The predicted molar refractivity (Wildman–Crippen MR) is 143 cm³/mol. The normalized spacial score (nSPS) is 13.3. The third-order valence-corrected chi connectivity index (χ3v) is 6.76. The Labute approximate surface area is 218 Å². The Morgan fingerprint density at radius 3 is 2.38 bits per heavy atom. The Kier molecular flexibility index (Phi) is 6.91. The summed E-state index contributed by atoms with van der Waals surface area (Å²) in [4.78, 5) is 41.5. The number of imide groups is 1. The zero-order valence-electron chi connectivity index (χ0n) is 19.9. The lowest BCUT2D eigenvalue weighted by Gasteiger charge is -2.13. The molecule has 3 aromatic carbocycles. The Morgan fingerprint density at radius 1 is 0.865 bits per heavy atom. The Bertz CT molecular complexity index is 1480. The number of rotatable bonds is 8. The quantitative estimate of drug-likeness (QED) is 0.291. The second-order valence-electron chi connectivity index (χ2n) is 8.42. The highest BCUT2D eigenvalue weighted by atomic mass is 32.2. The standard InChI is InChI=1S/C29H23N3O4S/c1-19-12-14-21(15-13-19)30-25-26(29(35)32(28(25)34)18-23-10-6-16-36-23)37-24-11-5-9-22(17-24)31-27(33)20-7-3-2-4-8-20/h2-17,30H,18H2,1H3,(H,31,33). The molecule has 0 fully saturated rings. The molecule has 5 rings (SSSR count). The van der Waals surface area contributed by atoms with Crippen molar-refractivity contribution >= 4 is 40.9 Å². The van der Waals surface area contributed by atoms with E-state index in [4.69, 9.17) is 4.42 Å². The summed E-state index contributed by atoms with van der Waals surface area (Å²) < 4.78 is 5.37. The molecule has 8 heteroatoms. The van der Waals surface area contributed by atoms with E-state index in [2.05, 4.69) is 10.6 Å². The summed E-state index contributed by atoms with van der Waals surface area (Å²) in [5.41, 5.74) is 3.10. The minimum Gasteiger partial charge on any atom is -0.467 e. The molecule has 1 aliphatic rings. The summed E-state index contributed by atoms with van der Waals surface area (Å²) >= 11 is 1.17. The van der Waals surface area contributed by atoms with E-state index >= 15 is 0 Å². The van der Waals surface area contributed by atoms with Gasteiger partial charge in [0.2, 0.25) is 0 Å². The minimum atomic E-state index is -0.432. The van der Waals surface area contributed by atoms with Crippen molar-refractivity contribution in [3.63, 3.8) is 0 Å². The summed E-state index contributed by atoms with van der Waals surface area (Å²) in [6.07, 6.45) is 1.50. The molecule has 0 spiro atoms. The number of nitrogens with one attached hydrogen (secondary N) is 2. The van der Waals surface area contributed by atoms with E-state index in [0.29, 0.717) is 27.6 Å². The second-order valence-corrected chi connectivity index (χ2v) is 9.50. The maximum atomic E-state index is 13.4. The number of nitrogens with zero attached hydrogens (tertiary/aromatic N) is 1. The number of furan rings is 1. The minimum absolute atomic E-state index is 0.0287. The molecule has 7 nitrogen and oxygen atoms in total. The van der Waals surface area contributed by atoms with Gasteiger partial charge in [0.05, 0.1) is 12.8 Å². The Hall–Kier alpha value is -4.56. The first-order valence-electron chi connectivity index (χ1n) is 11.6. The van der Waals surface area contributed by atoms with Crippen molar-refractivity contribution in [2.45, 2.75) is 18.4 Å². The number of hydrogen-bond donors (Lipinski definition) is 2. The van der Waals surface area contributed by atoms with Crippen LogP contribution in [0.5, 0.6) is 0 Å². The SMILES string of the molecule is Cc1ccc(NC2=C(Sc3cccc(NC(=O)c4ccccc4)c3)C(=O)N(Cc3ccco3)C2=O)cc1. The molecule has 0 unspecified atom stereocenters. The van der Waals surface area contributed by atoms with Crippen LogP contribution in [0.15, 0.2) is 117 Å². The number of hydrogen-bond acceptors (Lipinski definition) is 6. The zero-order valence-corrected chi connectivity index (χ0v) is 20.7. The van der Waals surface area contributed by atoms with E-state index in [1.807, 2.05) is 43.3 Å². The smallest absolute Gasteiger partial charge is 0.278 e. The molecule has 0 aliphatic carbocycles. The second kappa shape index (κ2) is 10.6. The van der Waals surface area contributed by atoms with Gasteiger partial charge in [-0.1, -0.05) is 53.7 Å². The van der Waals surface area contributed by atoms with E-state index in [-0.39, 0.29) is 23.1 Å². The van der Waals surface area contributed by atoms with Crippen molar-refractivity contribution in [3.8, 4) is 0 Å². The molecule has 184 valence electrons. The summed E-state index contributed by atoms with van der Waals surface area (Å²) in [7, 11) is 0. The highest BCUT2D eigenvalue weighted by Gasteiger charge is 2.39. The van der Waals surface area contributed by atoms with Crippen LogP contribution in [0.3, 0.4) is 0 Å². The first-order valence-corrected chi connectivity index (χ1v) is 12.4. The van der Waals surface area contributed by atoms with Crippen LogP contribution in [0.4, 0.5) is 11.4 Å². The molecule has 0 bridgehead atoms. The molecule has 3 amide bonds. The van der Waals surface area contributed by atoms with Gasteiger partial charge in [0.1, 0.15) is 16.4 Å². The molecule has 2 N–H and O–H groups in total. The number of benzene rings is 3. The fourth-order valence-electron chi connectivity index (χ4n) is 3.79. The van der Waals surface area contributed by atoms with Gasteiger partial charge < -0.3 is 15.1 Å². The molecule has 0 saturated carbocycles.